The first-order valence-corrected chi connectivity index (χ1v) is 11.7. The van der Waals surface area contributed by atoms with Crippen LogP contribution in [-0.4, -0.2) is 57.6 Å². The van der Waals surface area contributed by atoms with Gasteiger partial charge in [0.05, 0.1) is 10.9 Å². The molecule has 2 atom stereocenters. The van der Waals surface area contributed by atoms with Crippen molar-refractivity contribution in [3.8, 4) is 10.4 Å². The number of carbonyl (C=O) groups excluding carboxylic acids is 1. The first-order valence-electron chi connectivity index (χ1n) is 10.9. The number of thiazole rings is 1. The smallest absolute Gasteiger partial charge is 0.237 e. The third-order valence-corrected chi connectivity index (χ3v) is 6.73. The first kappa shape index (κ1) is 20.8. The lowest BCUT2D eigenvalue weighted by Crippen LogP contribution is -2.46. The molecule has 166 valence electrons. The number of pyridine rings is 1. The van der Waals surface area contributed by atoms with Gasteiger partial charge in [-0.1, -0.05) is 11.3 Å². The number of hydrogen-bond acceptors (Lipinski definition) is 9. The zero-order chi connectivity index (χ0) is 21.9. The number of hydrogen-bond donors (Lipinski definition) is 3. The zero-order valence-corrected chi connectivity index (χ0v) is 18.7. The Morgan fingerprint density at radius 2 is 2.12 bits per heavy atom. The lowest BCUT2D eigenvalue weighted by molar-refractivity contribution is -0.123. The summed E-state index contributed by atoms with van der Waals surface area (Å²) in [6.45, 7) is 4.41. The molecule has 10 heteroatoms. The highest BCUT2D eigenvalue weighted by Gasteiger charge is 2.29. The Kier molecular flexibility index (Phi) is 5.95. The summed E-state index contributed by atoms with van der Waals surface area (Å²) >= 11 is 1.57. The number of amides is 1. The van der Waals surface area contributed by atoms with Gasteiger partial charge in [0.2, 0.25) is 5.91 Å². The lowest BCUT2D eigenvalue weighted by atomic mass is 10.2. The fraction of sp³-hybridized carbons (Fsp3) is 0.409. The molecule has 5 heterocycles. The van der Waals surface area contributed by atoms with Crippen molar-refractivity contribution in [1.82, 2.24) is 30.6 Å². The van der Waals surface area contributed by atoms with E-state index in [0.29, 0.717) is 11.6 Å². The Labute approximate surface area is 190 Å². The summed E-state index contributed by atoms with van der Waals surface area (Å²) in [5, 5.41) is 10.5. The van der Waals surface area contributed by atoms with Crippen LogP contribution in [0.2, 0.25) is 0 Å². The van der Waals surface area contributed by atoms with Gasteiger partial charge in [-0.25, -0.2) is 15.0 Å². The van der Waals surface area contributed by atoms with Crippen LogP contribution in [0.25, 0.3) is 10.4 Å². The SMILES string of the molecule is Cc1nc(Nc2ncc(-c3ccncc3)s2)cc(N2CC[C@H](NC(=O)C3CCCN3)C2)n1. The monoisotopic (exact) mass is 450 g/mol. The molecule has 3 N–H and O–H groups in total. The molecule has 2 aliphatic rings. The predicted molar refractivity (Wildman–Crippen MR) is 125 cm³/mol. The summed E-state index contributed by atoms with van der Waals surface area (Å²) in [5.41, 5.74) is 1.09. The van der Waals surface area contributed by atoms with E-state index >= 15 is 0 Å². The minimum absolute atomic E-state index is 0.0449. The number of nitrogens with one attached hydrogen (secondary N) is 3. The van der Waals surface area contributed by atoms with E-state index < -0.39 is 0 Å². The molecule has 2 aliphatic heterocycles. The molecule has 0 saturated carbocycles. The van der Waals surface area contributed by atoms with E-state index in [1.807, 2.05) is 31.3 Å². The Bertz CT molecular complexity index is 1080. The molecule has 0 spiro atoms. The van der Waals surface area contributed by atoms with Gasteiger partial charge in [-0.3, -0.25) is 9.78 Å². The van der Waals surface area contributed by atoms with Gasteiger partial charge in [-0.05, 0) is 50.4 Å². The molecule has 32 heavy (non-hydrogen) atoms. The maximum atomic E-state index is 12.4. The van der Waals surface area contributed by atoms with Crippen molar-refractivity contribution in [3.63, 3.8) is 0 Å². The van der Waals surface area contributed by atoms with Crippen molar-refractivity contribution >= 4 is 34.0 Å². The van der Waals surface area contributed by atoms with Gasteiger partial charge < -0.3 is 20.9 Å². The molecular formula is C22H26N8OS. The Morgan fingerprint density at radius 1 is 1.25 bits per heavy atom. The van der Waals surface area contributed by atoms with Crippen LogP contribution in [0.4, 0.5) is 16.8 Å². The largest absolute Gasteiger partial charge is 0.354 e. The molecule has 2 fully saturated rings. The van der Waals surface area contributed by atoms with Crippen molar-refractivity contribution in [3.05, 3.63) is 42.6 Å². The summed E-state index contributed by atoms with van der Waals surface area (Å²) in [7, 11) is 0. The third-order valence-electron chi connectivity index (χ3n) is 5.77. The van der Waals surface area contributed by atoms with E-state index in [1.54, 1.807) is 23.7 Å². The maximum Gasteiger partial charge on any atom is 0.237 e. The molecule has 0 aliphatic carbocycles. The molecule has 1 unspecified atom stereocenters. The fourth-order valence-corrected chi connectivity index (χ4v) is 4.99. The number of aromatic nitrogens is 4. The topological polar surface area (TPSA) is 108 Å². The quantitative estimate of drug-likeness (QED) is 0.526. The number of nitrogens with zero attached hydrogens (tertiary/aromatic N) is 5. The highest BCUT2D eigenvalue weighted by Crippen LogP contribution is 2.30. The predicted octanol–water partition coefficient (Wildman–Crippen LogP) is 2.49. The van der Waals surface area contributed by atoms with Crippen LogP contribution in [0, 0.1) is 6.92 Å². The van der Waals surface area contributed by atoms with Crippen molar-refractivity contribution < 1.29 is 4.79 Å². The molecule has 0 bridgehead atoms. The third kappa shape index (κ3) is 4.71. The lowest BCUT2D eigenvalue weighted by Gasteiger charge is -2.20. The molecule has 5 rings (SSSR count). The maximum absolute atomic E-state index is 12.4. The van der Waals surface area contributed by atoms with Crippen LogP contribution in [0.1, 0.15) is 25.1 Å². The van der Waals surface area contributed by atoms with Crippen molar-refractivity contribution in [2.24, 2.45) is 0 Å². The van der Waals surface area contributed by atoms with Gasteiger partial charge in [-0.15, -0.1) is 0 Å². The van der Waals surface area contributed by atoms with Gasteiger partial charge in [-0.2, -0.15) is 0 Å². The van der Waals surface area contributed by atoms with Gasteiger partial charge in [0, 0.05) is 43.8 Å². The Morgan fingerprint density at radius 3 is 2.94 bits per heavy atom. The standard InChI is InChI=1S/C22H26N8OS/c1-14-26-19(29-22-25-12-18(32-22)15-4-8-23-9-5-15)11-20(27-14)30-10-6-16(13-30)28-21(31)17-3-2-7-24-17/h4-5,8-9,11-12,16-17,24H,2-3,6-7,10,13H2,1H3,(H,28,31)(H,25,26,27,29)/t16-,17?/m0/s1. The van der Waals surface area contributed by atoms with Crippen LogP contribution in [0.5, 0.6) is 0 Å². The van der Waals surface area contributed by atoms with Gasteiger partial charge in [0.25, 0.3) is 0 Å². The number of anilines is 3. The van der Waals surface area contributed by atoms with E-state index in [-0.39, 0.29) is 18.0 Å². The Hall–Kier alpha value is -3.11. The molecule has 3 aromatic heterocycles. The van der Waals surface area contributed by atoms with Crippen molar-refractivity contribution in [1.29, 1.82) is 0 Å². The molecule has 0 aromatic carbocycles. The van der Waals surface area contributed by atoms with Crippen LogP contribution in [-0.2, 0) is 4.79 Å². The van der Waals surface area contributed by atoms with E-state index in [4.69, 9.17) is 0 Å². The number of aryl methyl sites for hydroxylation is 1. The highest BCUT2D eigenvalue weighted by molar-refractivity contribution is 7.18. The van der Waals surface area contributed by atoms with Crippen molar-refractivity contribution in [2.45, 2.75) is 38.3 Å². The van der Waals surface area contributed by atoms with Crippen LogP contribution in [0.3, 0.4) is 0 Å². The van der Waals surface area contributed by atoms with E-state index in [2.05, 4.69) is 40.8 Å². The minimum atomic E-state index is -0.0449. The summed E-state index contributed by atoms with van der Waals surface area (Å²) in [4.78, 5) is 33.4. The summed E-state index contributed by atoms with van der Waals surface area (Å²) < 4.78 is 0. The average molecular weight is 451 g/mol. The second-order valence-corrected chi connectivity index (χ2v) is 9.17. The molecule has 0 radical (unpaired) electrons. The first-order chi connectivity index (χ1) is 15.6. The zero-order valence-electron chi connectivity index (χ0n) is 17.9. The van der Waals surface area contributed by atoms with E-state index in [9.17, 15) is 4.79 Å². The summed E-state index contributed by atoms with van der Waals surface area (Å²) in [6, 6.07) is 5.98. The van der Waals surface area contributed by atoms with Crippen LogP contribution < -0.4 is 20.9 Å². The van der Waals surface area contributed by atoms with Gasteiger partial charge >= 0.3 is 0 Å². The molecule has 2 saturated heterocycles. The van der Waals surface area contributed by atoms with Crippen LogP contribution in [0.15, 0.2) is 36.8 Å². The van der Waals surface area contributed by atoms with Crippen LogP contribution >= 0.6 is 11.3 Å². The van der Waals surface area contributed by atoms with Gasteiger partial charge in [0.1, 0.15) is 17.5 Å². The second-order valence-electron chi connectivity index (χ2n) is 8.14. The molecule has 1 amide bonds. The second kappa shape index (κ2) is 9.17. The number of rotatable bonds is 6. The summed E-state index contributed by atoms with van der Waals surface area (Å²) in [5.74, 6) is 2.38. The number of carbonyl (C=O) groups is 1. The minimum Gasteiger partial charge on any atom is -0.354 e. The van der Waals surface area contributed by atoms with Gasteiger partial charge in [0.15, 0.2) is 5.13 Å². The fourth-order valence-electron chi connectivity index (χ4n) is 4.17. The normalized spacial score (nSPS) is 20.5. The molecule has 3 aromatic rings. The highest BCUT2D eigenvalue weighted by atomic mass is 32.1. The van der Waals surface area contributed by atoms with E-state index in [1.165, 1.54) is 0 Å². The van der Waals surface area contributed by atoms with E-state index in [0.717, 1.165) is 60.3 Å². The average Bonchev–Trinajstić information content (AvgIpc) is 3.56. The van der Waals surface area contributed by atoms with Crippen molar-refractivity contribution in [2.75, 3.05) is 29.9 Å². The molecule has 9 nitrogen and oxygen atoms in total. The molecular weight excluding hydrogens is 424 g/mol. The summed E-state index contributed by atoms with van der Waals surface area (Å²) in [6.07, 6.45) is 8.29. The Balaban J connectivity index is 1.24.